The van der Waals surface area contributed by atoms with Crippen molar-refractivity contribution in [3.05, 3.63) is 42.5 Å². The van der Waals surface area contributed by atoms with Gasteiger partial charge in [-0.3, -0.25) is 0 Å². The summed E-state index contributed by atoms with van der Waals surface area (Å²) in [4.78, 5) is 3.98. The summed E-state index contributed by atoms with van der Waals surface area (Å²) in [5.41, 5.74) is 2.48. The maximum atomic E-state index is 4.16. The van der Waals surface area contributed by atoms with Crippen molar-refractivity contribution >= 4 is 5.69 Å². The van der Waals surface area contributed by atoms with Crippen molar-refractivity contribution in [2.24, 2.45) is 5.92 Å². The van der Waals surface area contributed by atoms with Crippen molar-refractivity contribution in [1.82, 2.24) is 14.8 Å². The van der Waals surface area contributed by atoms with E-state index >= 15 is 0 Å². The van der Waals surface area contributed by atoms with E-state index in [0.29, 0.717) is 0 Å². The van der Waals surface area contributed by atoms with Gasteiger partial charge in [-0.05, 0) is 36.5 Å². The van der Waals surface area contributed by atoms with Crippen molar-refractivity contribution in [2.45, 2.75) is 45.1 Å². The van der Waals surface area contributed by atoms with Crippen LogP contribution >= 0.6 is 0 Å². The molecule has 0 amide bonds. The second-order valence-corrected chi connectivity index (χ2v) is 6.03. The first kappa shape index (κ1) is 14.1. The molecular weight excluding hydrogens is 260 g/mol. The summed E-state index contributed by atoms with van der Waals surface area (Å²) in [6.45, 7) is 1.88. The van der Waals surface area contributed by atoms with Crippen LogP contribution in [-0.2, 0) is 6.54 Å². The molecule has 1 aliphatic rings. The Morgan fingerprint density at radius 3 is 2.76 bits per heavy atom. The van der Waals surface area contributed by atoms with Crippen LogP contribution in [0.4, 0.5) is 5.69 Å². The molecule has 1 N–H and O–H groups in total. The minimum absolute atomic E-state index is 0.777. The predicted octanol–water partition coefficient (Wildman–Crippen LogP) is 3.71. The molecule has 4 nitrogen and oxygen atoms in total. The van der Waals surface area contributed by atoms with Crippen molar-refractivity contribution in [3.63, 3.8) is 0 Å². The average Bonchev–Trinajstić information content (AvgIpc) is 2.87. The number of anilines is 1. The molecule has 3 rings (SSSR count). The fraction of sp³-hybridized carbons (Fsp3) is 0.529. The van der Waals surface area contributed by atoms with Gasteiger partial charge in [-0.15, -0.1) is 0 Å². The maximum absolute atomic E-state index is 4.16. The smallest absolute Gasteiger partial charge is 0.137 e. The quantitative estimate of drug-likeness (QED) is 0.851. The Labute approximate surface area is 126 Å². The molecule has 2 aromatic rings. The second-order valence-electron chi connectivity index (χ2n) is 6.03. The van der Waals surface area contributed by atoms with Gasteiger partial charge in [0.25, 0.3) is 0 Å². The third kappa shape index (κ3) is 4.31. The molecule has 112 valence electrons. The van der Waals surface area contributed by atoms with Crippen LogP contribution in [0, 0.1) is 5.92 Å². The van der Waals surface area contributed by atoms with Gasteiger partial charge in [-0.1, -0.05) is 37.8 Å². The number of nitrogens with zero attached hydrogens (tertiary/aromatic N) is 3. The lowest BCUT2D eigenvalue weighted by molar-refractivity contribution is 0.483. The third-order valence-electron chi connectivity index (χ3n) is 4.31. The van der Waals surface area contributed by atoms with Crippen LogP contribution in [0.5, 0.6) is 0 Å². The number of rotatable bonds is 5. The van der Waals surface area contributed by atoms with Gasteiger partial charge in [-0.2, -0.15) is 5.10 Å². The van der Waals surface area contributed by atoms with E-state index in [1.54, 1.807) is 12.7 Å². The van der Waals surface area contributed by atoms with Crippen molar-refractivity contribution < 1.29 is 0 Å². The molecule has 1 heterocycles. The molecule has 0 aliphatic heterocycles. The number of aromatic nitrogens is 3. The third-order valence-corrected chi connectivity index (χ3v) is 4.31. The van der Waals surface area contributed by atoms with Crippen LogP contribution < -0.4 is 5.32 Å². The highest BCUT2D eigenvalue weighted by atomic mass is 15.3. The Kier molecular flexibility index (Phi) is 4.87. The Balaban J connectivity index is 1.55. The largest absolute Gasteiger partial charge is 0.385 e. The van der Waals surface area contributed by atoms with E-state index in [0.717, 1.165) is 19.0 Å². The number of hydrogen-bond acceptors (Lipinski definition) is 3. The highest BCUT2D eigenvalue weighted by molar-refractivity contribution is 5.45. The standard InChI is InChI=1S/C17H24N4/c1-2-4-7-15(6-3-1)11-19-17-9-5-8-16(10-17)12-21-14-18-13-20-21/h5,8-10,13-15,19H,1-4,6-7,11-12H2. The van der Waals surface area contributed by atoms with E-state index in [2.05, 4.69) is 39.7 Å². The summed E-state index contributed by atoms with van der Waals surface area (Å²) in [5, 5.41) is 7.77. The molecule has 21 heavy (non-hydrogen) atoms. The molecular formula is C17H24N4. The van der Waals surface area contributed by atoms with Gasteiger partial charge in [0.1, 0.15) is 12.7 Å². The Bertz CT molecular complexity index is 527. The number of nitrogens with one attached hydrogen (secondary N) is 1. The highest BCUT2D eigenvalue weighted by Crippen LogP contribution is 2.23. The first-order valence-corrected chi connectivity index (χ1v) is 8.05. The lowest BCUT2D eigenvalue weighted by Gasteiger charge is -2.16. The summed E-state index contributed by atoms with van der Waals surface area (Å²) >= 11 is 0. The molecule has 1 aromatic heterocycles. The van der Waals surface area contributed by atoms with Crippen LogP contribution in [0.3, 0.4) is 0 Å². The molecule has 0 saturated heterocycles. The van der Waals surface area contributed by atoms with Gasteiger partial charge in [0.05, 0.1) is 6.54 Å². The molecule has 0 unspecified atom stereocenters. The number of hydrogen-bond donors (Lipinski definition) is 1. The minimum atomic E-state index is 0.777. The zero-order valence-corrected chi connectivity index (χ0v) is 12.5. The van der Waals surface area contributed by atoms with Crippen LogP contribution in [0.15, 0.2) is 36.9 Å². The molecule has 1 fully saturated rings. The SMILES string of the molecule is c1cc(Cn2cncn2)cc(NCC2CCCCCC2)c1. The molecule has 0 bridgehead atoms. The van der Waals surface area contributed by atoms with Crippen molar-refractivity contribution in [3.8, 4) is 0 Å². The number of benzene rings is 1. The summed E-state index contributed by atoms with van der Waals surface area (Å²) in [5.74, 6) is 0.839. The first-order chi connectivity index (χ1) is 10.4. The fourth-order valence-corrected chi connectivity index (χ4v) is 3.11. The Morgan fingerprint density at radius 2 is 2.00 bits per heavy atom. The van der Waals surface area contributed by atoms with Crippen molar-refractivity contribution in [1.29, 1.82) is 0 Å². The maximum Gasteiger partial charge on any atom is 0.137 e. The Morgan fingerprint density at radius 1 is 1.14 bits per heavy atom. The minimum Gasteiger partial charge on any atom is -0.385 e. The average molecular weight is 284 g/mol. The fourth-order valence-electron chi connectivity index (χ4n) is 3.11. The normalized spacial score (nSPS) is 16.6. The van der Waals surface area contributed by atoms with E-state index in [-0.39, 0.29) is 0 Å². The van der Waals surface area contributed by atoms with Gasteiger partial charge >= 0.3 is 0 Å². The molecule has 0 atom stereocenters. The van der Waals surface area contributed by atoms with E-state index in [4.69, 9.17) is 0 Å². The van der Waals surface area contributed by atoms with E-state index < -0.39 is 0 Å². The monoisotopic (exact) mass is 284 g/mol. The van der Waals surface area contributed by atoms with Crippen LogP contribution in [0.25, 0.3) is 0 Å². The molecule has 0 radical (unpaired) electrons. The van der Waals surface area contributed by atoms with Gasteiger partial charge in [-0.25, -0.2) is 9.67 Å². The molecule has 0 spiro atoms. The van der Waals surface area contributed by atoms with Gasteiger partial charge in [0.2, 0.25) is 0 Å². The lowest BCUT2D eigenvalue weighted by Crippen LogP contribution is -2.13. The summed E-state index contributed by atoms with van der Waals surface area (Å²) in [6.07, 6.45) is 11.7. The van der Waals surface area contributed by atoms with Crippen LogP contribution in [-0.4, -0.2) is 21.3 Å². The second kappa shape index (κ2) is 7.25. The van der Waals surface area contributed by atoms with Crippen LogP contribution in [0.1, 0.15) is 44.1 Å². The predicted molar refractivity (Wildman–Crippen MR) is 85.2 cm³/mol. The zero-order valence-electron chi connectivity index (χ0n) is 12.5. The molecule has 1 aliphatic carbocycles. The van der Waals surface area contributed by atoms with Gasteiger partial charge in [0.15, 0.2) is 0 Å². The summed E-state index contributed by atoms with van der Waals surface area (Å²) in [7, 11) is 0. The Hall–Kier alpha value is -1.84. The summed E-state index contributed by atoms with van der Waals surface area (Å²) < 4.78 is 1.85. The lowest BCUT2D eigenvalue weighted by atomic mass is 10.0. The zero-order chi connectivity index (χ0) is 14.3. The van der Waals surface area contributed by atoms with Crippen molar-refractivity contribution in [2.75, 3.05) is 11.9 Å². The van der Waals surface area contributed by atoms with Gasteiger partial charge in [0, 0.05) is 12.2 Å². The molecule has 4 heteroatoms. The van der Waals surface area contributed by atoms with Gasteiger partial charge < -0.3 is 5.32 Å². The molecule has 1 saturated carbocycles. The highest BCUT2D eigenvalue weighted by Gasteiger charge is 2.11. The summed E-state index contributed by atoms with van der Waals surface area (Å²) in [6, 6.07) is 8.63. The first-order valence-electron chi connectivity index (χ1n) is 8.05. The van der Waals surface area contributed by atoms with E-state index in [9.17, 15) is 0 Å². The van der Waals surface area contributed by atoms with E-state index in [1.807, 2.05) is 4.68 Å². The van der Waals surface area contributed by atoms with Crippen LogP contribution in [0.2, 0.25) is 0 Å². The molecule has 1 aromatic carbocycles. The van der Waals surface area contributed by atoms with E-state index in [1.165, 1.54) is 49.8 Å². The topological polar surface area (TPSA) is 42.7 Å².